The molecule has 0 saturated carbocycles. The van der Waals surface area contributed by atoms with Crippen LogP contribution in [-0.4, -0.2) is 23.6 Å². The summed E-state index contributed by atoms with van der Waals surface area (Å²) in [6.45, 7) is 9.42. The summed E-state index contributed by atoms with van der Waals surface area (Å²) in [6.07, 6.45) is 0.856. The van der Waals surface area contributed by atoms with Crippen molar-refractivity contribution in [3.63, 3.8) is 0 Å². The monoisotopic (exact) mass is 269 g/mol. The quantitative estimate of drug-likeness (QED) is 0.926. The number of benzene rings is 1. The molecule has 0 aliphatic heterocycles. The van der Waals surface area contributed by atoms with E-state index in [1.54, 1.807) is 0 Å². The minimum atomic E-state index is 0.856. The van der Waals surface area contributed by atoms with Gasteiger partial charge in [0, 0.05) is 24.2 Å². The van der Waals surface area contributed by atoms with Crippen LogP contribution >= 0.6 is 0 Å². The molecule has 3 nitrogen and oxygen atoms in total. The maximum atomic E-state index is 4.72. The normalized spacial score (nSPS) is 10.8. The third-order valence-corrected chi connectivity index (χ3v) is 3.83. The third kappa shape index (κ3) is 3.05. The molecule has 1 N–H and O–H groups in total. The van der Waals surface area contributed by atoms with Crippen LogP contribution in [0.2, 0.25) is 0 Å². The number of nitrogens with one attached hydrogen (secondary N) is 1. The Balaban J connectivity index is 2.47. The summed E-state index contributed by atoms with van der Waals surface area (Å²) in [6, 6.07) is 6.41. The molecule has 0 saturated heterocycles. The largest absolute Gasteiger partial charge is 0.319 e. The Labute approximate surface area is 121 Å². The van der Waals surface area contributed by atoms with Crippen LogP contribution in [0.5, 0.6) is 0 Å². The van der Waals surface area contributed by atoms with E-state index in [0.29, 0.717) is 0 Å². The first-order valence-corrected chi connectivity index (χ1v) is 7.09. The first kappa shape index (κ1) is 14.7. The number of aryl methyl sites for hydroxylation is 2. The zero-order valence-electron chi connectivity index (χ0n) is 13.0. The minimum Gasteiger partial charge on any atom is -0.319 e. The summed E-state index contributed by atoms with van der Waals surface area (Å²) in [5, 5.41) is 3.14. The molecule has 0 atom stereocenters. The molecule has 0 aliphatic rings. The van der Waals surface area contributed by atoms with Crippen LogP contribution in [0.15, 0.2) is 18.2 Å². The Morgan fingerprint density at radius 1 is 1.00 bits per heavy atom. The van der Waals surface area contributed by atoms with Gasteiger partial charge in [0.05, 0.1) is 5.69 Å². The molecule has 20 heavy (non-hydrogen) atoms. The van der Waals surface area contributed by atoms with Crippen molar-refractivity contribution in [2.75, 3.05) is 13.6 Å². The Bertz CT molecular complexity index is 618. The molecule has 0 amide bonds. The fraction of sp³-hybridized carbons (Fsp3) is 0.412. The van der Waals surface area contributed by atoms with Gasteiger partial charge in [-0.15, -0.1) is 0 Å². The molecule has 2 aromatic rings. The van der Waals surface area contributed by atoms with Gasteiger partial charge in [0.15, 0.2) is 0 Å². The lowest BCUT2D eigenvalue weighted by Gasteiger charge is -2.12. The molecule has 1 aromatic heterocycles. The number of aromatic nitrogens is 2. The molecule has 3 heteroatoms. The lowest BCUT2D eigenvalue weighted by atomic mass is 9.96. The highest BCUT2D eigenvalue weighted by molar-refractivity contribution is 5.66. The fourth-order valence-corrected chi connectivity index (χ4v) is 2.35. The number of nitrogens with zero attached hydrogens (tertiary/aromatic N) is 2. The van der Waals surface area contributed by atoms with Crippen LogP contribution in [0, 0.1) is 27.7 Å². The van der Waals surface area contributed by atoms with Crippen LogP contribution in [0.25, 0.3) is 11.3 Å². The van der Waals surface area contributed by atoms with Crippen molar-refractivity contribution < 1.29 is 0 Å². The molecule has 0 aliphatic carbocycles. The maximum absolute atomic E-state index is 4.72. The molecule has 0 radical (unpaired) electrons. The van der Waals surface area contributed by atoms with Gasteiger partial charge in [-0.05, 0) is 57.5 Å². The van der Waals surface area contributed by atoms with Gasteiger partial charge in [-0.25, -0.2) is 9.97 Å². The van der Waals surface area contributed by atoms with E-state index in [4.69, 9.17) is 4.98 Å². The second kappa shape index (κ2) is 6.14. The minimum absolute atomic E-state index is 0.856. The topological polar surface area (TPSA) is 37.8 Å². The van der Waals surface area contributed by atoms with E-state index in [1.807, 2.05) is 14.0 Å². The van der Waals surface area contributed by atoms with Crippen LogP contribution in [0.4, 0.5) is 0 Å². The van der Waals surface area contributed by atoms with E-state index < -0.39 is 0 Å². The number of hydrogen-bond acceptors (Lipinski definition) is 3. The SMILES string of the molecule is CNCCc1nc(C)cc(-c2ccc(C)c(C)c2C)n1. The number of likely N-dealkylation sites (N-methyl/N-ethyl adjacent to an activating group) is 1. The van der Waals surface area contributed by atoms with Gasteiger partial charge in [-0.1, -0.05) is 12.1 Å². The Kier molecular flexibility index (Phi) is 4.50. The van der Waals surface area contributed by atoms with Crippen molar-refractivity contribution >= 4 is 0 Å². The first-order valence-electron chi connectivity index (χ1n) is 7.09. The summed E-state index contributed by atoms with van der Waals surface area (Å²) in [5.41, 5.74) is 7.25. The Morgan fingerprint density at radius 2 is 1.75 bits per heavy atom. The highest BCUT2D eigenvalue weighted by Gasteiger charge is 2.09. The summed E-state index contributed by atoms with van der Waals surface area (Å²) in [4.78, 5) is 9.24. The van der Waals surface area contributed by atoms with Gasteiger partial charge in [0.2, 0.25) is 0 Å². The Hall–Kier alpha value is -1.74. The van der Waals surface area contributed by atoms with E-state index in [0.717, 1.165) is 30.2 Å². The second-order valence-corrected chi connectivity index (χ2v) is 5.34. The average molecular weight is 269 g/mol. The van der Waals surface area contributed by atoms with Crippen LogP contribution in [-0.2, 0) is 6.42 Å². The van der Waals surface area contributed by atoms with Gasteiger partial charge in [-0.3, -0.25) is 0 Å². The van der Waals surface area contributed by atoms with Crippen molar-refractivity contribution in [1.29, 1.82) is 0 Å². The third-order valence-electron chi connectivity index (χ3n) is 3.83. The van der Waals surface area contributed by atoms with Crippen molar-refractivity contribution in [3.05, 3.63) is 46.4 Å². The summed E-state index contributed by atoms with van der Waals surface area (Å²) in [7, 11) is 1.95. The van der Waals surface area contributed by atoms with Gasteiger partial charge in [0.1, 0.15) is 5.82 Å². The number of rotatable bonds is 4. The molecule has 0 spiro atoms. The van der Waals surface area contributed by atoms with E-state index >= 15 is 0 Å². The van der Waals surface area contributed by atoms with Gasteiger partial charge in [-0.2, -0.15) is 0 Å². The van der Waals surface area contributed by atoms with Crippen molar-refractivity contribution in [1.82, 2.24) is 15.3 Å². The lowest BCUT2D eigenvalue weighted by molar-refractivity contribution is 0.752. The molecule has 2 rings (SSSR count). The van der Waals surface area contributed by atoms with Crippen molar-refractivity contribution in [2.45, 2.75) is 34.1 Å². The molecule has 0 unspecified atom stereocenters. The standard InChI is InChI=1S/C17H23N3/c1-11-6-7-15(14(4)13(11)3)16-10-12(2)19-17(20-16)8-9-18-5/h6-7,10,18H,8-9H2,1-5H3. The molecular weight excluding hydrogens is 246 g/mol. The van der Waals surface area contributed by atoms with Crippen LogP contribution in [0.3, 0.4) is 0 Å². The molecular formula is C17H23N3. The van der Waals surface area contributed by atoms with Gasteiger partial charge >= 0.3 is 0 Å². The lowest BCUT2D eigenvalue weighted by Crippen LogP contribution is -2.13. The average Bonchev–Trinajstić information content (AvgIpc) is 2.42. The van der Waals surface area contributed by atoms with E-state index in [1.165, 1.54) is 22.3 Å². The van der Waals surface area contributed by atoms with E-state index in [-0.39, 0.29) is 0 Å². The molecule has 0 fully saturated rings. The zero-order chi connectivity index (χ0) is 14.7. The van der Waals surface area contributed by atoms with Crippen molar-refractivity contribution in [2.24, 2.45) is 0 Å². The zero-order valence-corrected chi connectivity index (χ0v) is 13.0. The Morgan fingerprint density at radius 3 is 2.45 bits per heavy atom. The van der Waals surface area contributed by atoms with E-state index in [2.05, 4.69) is 49.3 Å². The molecule has 106 valence electrons. The summed E-state index contributed by atoms with van der Waals surface area (Å²) in [5.74, 6) is 0.909. The summed E-state index contributed by atoms with van der Waals surface area (Å²) < 4.78 is 0. The molecule has 1 heterocycles. The van der Waals surface area contributed by atoms with Gasteiger partial charge in [0.25, 0.3) is 0 Å². The van der Waals surface area contributed by atoms with Gasteiger partial charge < -0.3 is 5.32 Å². The maximum Gasteiger partial charge on any atom is 0.130 e. The number of hydrogen-bond donors (Lipinski definition) is 1. The predicted molar refractivity (Wildman–Crippen MR) is 84.0 cm³/mol. The first-order chi connectivity index (χ1) is 9.52. The molecule has 0 bridgehead atoms. The van der Waals surface area contributed by atoms with Crippen LogP contribution in [0.1, 0.15) is 28.2 Å². The predicted octanol–water partition coefficient (Wildman–Crippen LogP) is 3.14. The highest BCUT2D eigenvalue weighted by Crippen LogP contribution is 2.26. The molecule has 1 aromatic carbocycles. The fourth-order valence-electron chi connectivity index (χ4n) is 2.35. The van der Waals surface area contributed by atoms with Crippen LogP contribution < -0.4 is 5.32 Å². The highest BCUT2D eigenvalue weighted by atomic mass is 14.9. The van der Waals surface area contributed by atoms with Crippen molar-refractivity contribution in [3.8, 4) is 11.3 Å². The second-order valence-electron chi connectivity index (χ2n) is 5.34. The van der Waals surface area contributed by atoms with E-state index in [9.17, 15) is 0 Å². The smallest absolute Gasteiger partial charge is 0.130 e. The summed E-state index contributed by atoms with van der Waals surface area (Å²) >= 11 is 0.